The third kappa shape index (κ3) is 7.09. The summed E-state index contributed by atoms with van der Waals surface area (Å²) in [4.78, 5) is 27.3. The third-order valence-electron chi connectivity index (χ3n) is 5.73. The molecule has 172 valence electrons. The molecule has 1 saturated heterocycles. The van der Waals surface area contributed by atoms with E-state index in [0.29, 0.717) is 23.4 Å². The number of hydrogen-bond acceptors (Lipinski definition) is 3. The van der Waals surface area contributed by atoms with E-state index in [2.05, 4.69) is 28.2 Å². The van der Waals surface area contributed by atoms with Gasteiger partial charge in [-0.05, 0) is 77.7 Å². The number of likely N-dealkylation sites (tertiary alicyclic amines) is 1. The Hall–Kier alpha value is -2.34. The molecule has 32 heavy (non-hydrogen) atoms. The van der Waals surface area contributed by atoms with Gasteiger partial charge in [0.15, 0.2) is 0 Å². The fourth-order valence-corrected chi connectivity index (χ4v) is 4.32. The highest BCUT2D eigenvalue weighted by atomic mass is 79.9. The van der Waals surface area contributed by atoms with Gasteiger partial charge < -0.3 is 15.0 Å². The highest BCUT2D eigenvalue weighted by Gasteiger charge is 2.17. The first kappa shape index (κ1) is 24.3. The van der Waals surface area contributed by atoms with Crippen LogP contribution in [0.4, 0.5) is 5.69 Å². The van der Waals surface area contributed by atoms with Crippen LogP contribution in [0.25, 0.3) is 0 Å². The van der Waals surface area contributed by atoms with Gasteiger partial charge in [0, 0.05) is 29.9 Å². The van der Waals surface area contributed by atoms with Gasteiger partial charge in [-0.25, -0.2) is 0 Å². The largest absolute Gasteiger partial charge is 0.492 e. The van der Waals surface area contributed by atoms with E-state index in [-0.39, 0.29) is 11.8 Å². The summed E-state index contributed by atoms with van der Waals surface area (Å²) in [5, 5.41) is 2.90. The van der Waals surface area contributed by atoms with Crippen LogP contribution in [0.1, 0.15) is 79.0 Å². The lowest BCUT2D eigenvalue weighted by Gasteiger charge is -2.20. The second-order valence-corrected chi connectivity index (χ2v) is 9.15. The first-order valence-corrected chi connectivity index (χ1v) is 12.5. The van der Waals surface area contributed by atoms with Gasteiger partial charge in [-0.1, -0.05) is 39.0 Å². The monoisotopic (exact) mass is 500 g/mol. The number of rotatable bonds is 9. The molecular weight excluding hydrogens is 468 g/mol. The quantitative estimate of drug-likeness (QED) is 0.390. The van der Waals surface area contributed by atoms with Gasteiger partial charge in [-0.3, -0.25) is 9.59 Å². The van der Waals surface area contributed by atoms with Gasteiger partial charge in [0.25, 0.3) is 11.8 Å². The van der Waals surface area contributed by atoms with Crippen LogP contribution in [0.2, 0.25) is 0 Å². The maximum Gasteiger partial charge on any atom is 0.255 e. The minimum atomic E-state index is -0.202. The molecule has 0 spiro atoms. The summed E-state index contributed by atoms with van der Waals surface area (Å²) >= 11 is 3.51. The van der Waals surface area contributed by atoms with Gasteiger partial charge >= 0.3 is 0 Å². The Morgan fingerprint density at radius 3 is 2.28 bits per heavy atom. The van der Waals surface area contributed by atoms with Crippen molar-refractivity contribution in [3.05, 3.63) is 58.1 Å². The lowest BCUT2D eigenvalue weighted by Crippen LogP contribution is -2.31. The van der Waals surface area contributed by atoms with Crippen molar-refractivity contribution in [1.29, 1.82) is 0 Å². The molecule has 0 atom stereocenters. The number of carbonyl (C=O) groups excluding carboxylic acids is 2. The summed E-state index contributed by atoms with van der Waals surface area (Å²) in [6.45, 7) is 4.51. The zero-order valence-corrected chi connectivity index (χ0v) is 20.5. The molecule has 0 radical (unpaired) electrons. The van der Waals surface area contributed by atoms with Crippen molar-refractivity contribution < 1.29 is 14.3 Å². The molecule has 5 nitrogen and oxygen atoms in total. The standard InChI is InChI=1S/C26H33BrN2O3/c1-2-3-4-9-18-32-24-15-12-21(19-23(24)27)25(30)28-22-13-10-20(11-14-22)26(31)29-16-7-5-6-8-17-29/h10-15,19H,2-9,16-18H2,1H3,(H,28,30). The molecule has 1 aliphatic rings. The van der Waals surface area contributed by atoms with E-state index in [4.69, 9.17) is 4.74 Å². The van der Waals surface area contributed by atoms with Gasteiger partial charge in [0.2, 0.25) is 0 Å². The van der Waals surface area contributed by atoms with Gasteiger partial charge in [0.1, 0.15) is 5.75 Å². The van der Waals surface area contributed by atoms with E-state index in [1.807, 2.05) is 11.0 Å². The fourth-order valence-electron chi connectivity index (χ4n) is 3.83. The second-order valence-electron chi connectivity index (χ2n) is 8.29. The highest BCUT2D eigenvalue weighted by molar-refractivity contribution is 9.10. The van der Waals surface area contributed by atoms with Crippen molar-refractivity contribution in [2.75, 3.05) is 25.0 Å². The van der Waals surface area contributed by atoms with Crippen molar-refractivity contribution in [2.45, 2.75) is 58.3 Å². The third-order valence-corrected chi connectivity index (χ3v) is 6.35. The second kappa shape index (κ2) is 12.6. The number of nitrogens with zero attached hydrogens (tertiary/aromatic N) is 1. The summed E-state index contributed by atoms with van der Waals surface area (Å²) in [7, 11) is 0. The van der Waals surface area contributed by atoms with Crippen molar-refractivity contribution in [2.24, 2.45) is 0 Å². The van der Waals surface area contributed by atoms with Crippen LogP contribution in [0.15, 0.2) is 46.9 Å². The molecule has 2 aromatic rings. The van der Waals surface area contributed by atoms with E-state index in [9.17, 15) is 9.59 Å². The van der Waals surface area contributed by atoms with Crippen LogP contribution in [0.5, 0.6) is 5.75 Å². The molecule has 0 aromatic heterocycles. The number of carbonyl (C=O) groups is 2. The van der Waals surface area contributed by atoms with Gasteiger partial charge in [-0.2, -0.15) is 0 Å². The Balaban J connectivity index is 1.54. The lowest BCUT2D eigenvalue weighted by atomic mass is 10.1. The Morgan fingerprint density at radius 1 is 0.938 bits per heavy atom. The molecule has 1 aliphatic heterocycles. The fraction of sp³-hybridized carbons (Fsp3) is 0.462. The van der Waals surface area contributed by atoms with Crippen molar-refractivity contribution >= 4 is 33.4 Å². The molecule has 0 saturated carbocycles. The van der Waals surface area contributed by atoms with Crippen molar-refractivity contribution in [3.8, 4) is 5.75 Å². The highest BCUT2D eigenvalue weighted by Crippen LogP contribution is 2.27. The topological polar surface area (TPSA) is 58.6 Å². The van der Waals surface area contributed by atoms with Crippen LogP contribution in [0.3, 0.4) is 0 Å². The molecule has 3 rings (SSSR count). The zero-order chi connectivity index (χ0) is 22.8. The number of unbranched alkanes of at least 4 members (excludes halogenated alkanes) is 3. The molecule has 1 heterocycles. The summed E-state index contributed by atoms with van der Waals surface area (Å²) in [5.74, 6) is 0.611. The van der Waals surface area contributed by atoms with Crippen LogP contribution in [-0.4, -0.2) is 36.4 Å². The molecule has 2 amide bonds. The summed E-state index contributed by atoms with van der Waals surface area (Å²) < 4.78 is 6.58. The number of nitrogens with one attached hydrogen (secondary N) is 1. The number of amides is 2. The molecular formula is C26H33BrN2O3. The Labute approximate surface area is 199 Å². The minimum absolute atomic E-state index is 0.0685. The normalized spacial score (nSPS) is 14.0. The van der Waals surface area contributed by atoms with E-state index in [1.165, 1.54) is 25.7 Å². The predicted molar refractivity (Wildman–Crippen MR) is 133 cm³/mol. The van der Waals surface area contributed by atoms with Crippen molar-refractivity contribution in [1.82, 2.24) is 4.90 Å². The SMILES string of the molecule is CCCCCCOc1ccc(C(=O)Nc2ccc(C(=O)N3CCCCCC3)cc2)cc1Br. The first-order chi connectivity index (χ1) is 15.6. The maximum absolute atomic E-state index is 12.7. The summed E-state index contributed by atoms with van der Waals surface area (Å²) in [6, 6.07) is 12.5. The average molecular weight is 501 g/mol. The molecule has 1 N–H and O–H groups in total. The number of halogens is 1. The lowest BCUT2D eigenvalue weighted by molar-refractivity contribution is 0.0761. The molecule has 1 fully saturated rings. The number of anilines is 1. The Kier molecular flexibility index (Phi) is 9.60. The maximum atomic E-state index is 12.7. The number of hydrogen-bond donors (Lipinski definition) is 1. The first-order valence-electron chi connectivity index (χ1n) is 11.7. The van der Waals surface area contributed by atoms with Crippen LogP contribution < -0.4 is 10.1 Å². The average Bonchev–Trinajstić information content (AvgIpc) is 3.09. The molecule has 6 heteroatoms. The van der Waals surface area contributed by atoms with Gasteiger partial charge in [0.05, 0.1) is 11.1 Å². The summed E-state index contributed by atoms with van der Waals surface area (Å²) in [6.07, 6.45) is 9.13. The van der Waals surface area contributed by atoms with E-state index in [0.717, 1.165) is 49.0 Å². The minimum Gasteiger partial charge on any atom is -0.492 e. The number of ether oxygens (including phenoxy) is 1. The molecule has 2 aromatic carbocycles. The smallest absolute Gasteiger partial charge is 0.255 e. The molecule has 0 aliphatic carbocycles. The summed E-state index contributed by atoms with van der Waals surface area (Å²) in [5.41, 5.74) is 1.86. The zero-order valence-electron chi connectivity index (χ0n) is 18.9. The van der Waals surface area contributed by atoms with E-state index < -0.39 is 0 Å². The van der Waals surface area contributed by atoms with E-state index in [1.54, 1.807) is 36.4 Å². The van der Waals surface area contributed by atoms with Crippen molar-refractivity contribution in [3.63, 3.8) is 0 Å². The molecule has 0 bridgehead atoms. The Morgan fingerprint density at radius 2 is 1.62 bits per heavy atom. The van der Waals surface area contributed by atoms with Crippen LogP contribution in [-0.2, 0) is 0 Å². The predicted octanol–water partition coefficient (Wildman–Crippen LogP) is 6.68. The van der Waals surface area contributed by atoms with Crippen LogP contribution in [0, 0.1) is 0 Å². The number of benzene rings is 2. The van der Waals surface area contributed by atoms with Crippen LogP contribution >= 0.6 is 15.9 Å². The van der Waals surface area contributed by atoms with E-state index >= 15 is 0 Å². The Bertz CT molecular complexity index is 890. The molecule has 0 unspecified atom stereocenters. The van der Waals surface area contributed by atoms with Gasteiger partial charge in [-0.15, -0.1) is 0 Å².